The van der Waals surface area contributed by atoms with E-state index in [9.17, 15) is 18.3 Å². The second-order valence-corrected chi connectivity index (χ2v) is 21.0. The minimum Gasteiger partial charge on any atom is -0.478 e. The van der Waals surface area contributed by atoms with Gasteiger partial charge in [0.2, 0.25) is 0 Å². The Balaban J connectivity index is 1.17. The van der Waals surface area contributed by atoms with Crippen LogP contribution in [0.3, 0.4) is 0 Å². The van der Waals surface area contributed by atoms with Gasteiger partial charge < -0.3 is 10.0 Å². The van der Waals surface area contributed by atoms with Gasteiger partial charge in [-0.2, -0.15) is 0 Å². The van der Waals surface area contributed by atoms with E-state index in [0.717, 1.165) is 13.0 Å². The van der Waals surface area contributed by atoms with Crippen molar-refractivity contribution in [3.05, 3.63) is 53.6 Å². The fraction of sp³-hybridized carbons (Fsp3) is 0.738. The van der Waals surface area contributed by atoms with Crippen molar-refractivity contribution in [2.24, 2.45) is 56.7 Å². The van der Waals surface area contributed by atoms with Crippen molar-refractivity contribution in [1.82, 2.24) is 4.90 Å². The fourth-order valence-corrected chi connectivity index (χ4v) is 15.2. The highest BCUT2D eigenvalue weighted by Crippen LogP contribution is 2.78. The molecular weight excluding hydrogens is 615 g/mol. The van der Waals surface area contributed by atoms with E-state index in [-0.39, 0.29) is 10.8 Å². The van der Waals surface area contributed by atoms with Crippen LogP contribution in [-0.2, 0) is 9.84 Å². The Morgan fingerprint density at radius 1 is 0.896 bits per heavy atom. The van der Waals surface area contributed by atoms with Crippen LogP contribution in [-0.4, -0.2) is 55.5 Å². The average Bonchev–Trinajstić information content (AvgIpc) is 3.41. The lowest BCUT2D eigenvalue weighted by atomic mass is 9.32. The first-order chi connectivity index (χ1) is 22.5. The standard InChI is InChI=1S/C42H61NO4S/c1-28(2)31-14-19-42(22-23-43-24-26-48(46,47)27-25-43)21-20-40(6)33(36(31)42)12-13-35-39(5)17-15-32(29-8-10-30(11-9-29)37(44)45)38(3,4)34(39)16-18-41(35,40)7/h8-11,15,31,33-36H,1,12-14,16-27H2,2-7H3,(H,44,45)/t31-,33+,34-,35+,36+,39-,40+,41+,42+/m0/s1. The van der Waals surface area contributed by atoms with Crippen LogP contribution in [0.25, 0.3) is 5.57 Å². The minimum absolute atomic E-state index is 0.0167. The molecule has 0 radical (unpaired) electrons. The molecule has 6 aliphatic rings. The molecule has 48 heavy (non-hydrogen) atoms. The number of fused-ring (bicyclic) bond motifs is 7. The third-order valence-corrected chi connectivity index (χ3v) is 18.2. The molecule has 1 saturated heterocycles. The largest absolute Gasteiger partial charge is 0.478 e. The van der Waals surface area contributed by atoms with E-state index < -0.39 is 15.8 Å². The van der Waals surface area contributed by atoms with Crippen LogP contribution >= 0.6 is 0 Å². The number of carboxylic acid groups (broad SMARTS) is 1. The number of sulfone groups is 1. The Bertz CT molecular complexity index is 1600. The van der Waals surface area contributed by atoms with Crippen molar-refractivity contribution in [3.8, 4) is 0 Å². The van der Waals surface area contributed by atoms with Gasteiger partial charge in [0, 0.05) is 13.1 Å². The molecule has 5 aliphatic carbocycles. The van der Waals surface area contributed by atoms with Crippen molar-refractivity contribution >= 4 is 21.4 Å². The summed E-state index contributed by atoms with van der Waals surface area (Å²) in [6, 6.07) is 7.59. The van der Waals surface area contributed by atoms with Crippen molar-refractivity contribution in [2.75, 3.05) is 31.1 Å². The molecular formula is C42H61NO4S. The zero-order valence-corrected chi connectivity index (χ0v) is 31.4. The lowest BCUT2D eigenvalue weighted by Crippen LogP contribution is -2.65. The maximum absolute atomic E-state index is 12.1. The van der Waals surface area contributed by atoms with Gasteiger partial charge in [0.1, 0.15) is 0 Å². The highest BCUT2D eigenvalue weighted by molar-refractivity contribution is 7.91. The van der Waals surface area contributed by atoms with Crippen LogP contribution in [0.15, 0.2) is 42.5 Å². The zero-order chi connectivity index (χ0) is 34.5. The van der Waals surface area contributed by atoms with E-state index >= 15 is 0 Å². The monoisotopic (exact) mass is 675 g/mol. The number of hydrogen-bond acceptors (Lipinski definition) is 4. The molecule has 5 fully saturated rings. The van der Waals surface area contributed by atoms with Crippen LogP contribution < -0.4 is 0 Å². The zero-order valence-electron chi connectivity index (χ0n) is 30.6. The van der Waals surface area contributed by atoms with E-state index in [4.69, 9.17) is 0 Å². The number of aromatic carboxylic acids is 1. The Morgan fingerprint density at radius 3 is 2.23 bits per heavy atom. The first-order valence-electron chi connectivity index (χ1n) is 19.1. The second-order valence-electron chi connectivity index (χ2n) is 18.7. The Labute approximate surface area is 290 Å². The highest BCUT2D eigenvalue weighted by Gasteiger charge is 2.70. The van der Waals surface area contributed by atoms with Gasteiger partial charge in [0.05, 0.1) is 17.1 Å². The fourth-order valence-electron chi connectivity index (χ4n) is 14.0. The van der Waals surface area contributed by atoms with E-state index in [1.807, 2.05) is 12.1 Å². The molecule has 1 N–H and O–H groups in total. The second kappa shape index (κ2) is 11.6. The van der Waals surface area contributed by atoms with E-state index in [0.29, 0.717) is 76.0 Å². The molecule has 1 heterocycles. The summed E-state index contributed by atoms with van der Waals surface area (Å²) in [6.07, 6.45) is 15.2. The Kier molecular flexibility index (Phi) is 8.31. The van der Waals surface area contributed by atoms with Crippen LogP contribution in [0.2, 0.25) is 0 Å². The highest BCUT2D eigenvalue weighted by atomic mass is 32.2. The van der Waals surface area contributed by atoms with Crippen molar-refractivity contribution < 1.29 is 18.3 Å². The third kappa shape index (κ3) is 5.07. The quantitative estimate of drug-likeness (QED) is 0.305. The van der Waals surface area contributed by atoms with Gasteiger partial charge in [-0.25, -0.2) is 13.2 Å². The normalized spacial score (nSPS) is 43.2. The molecule has 1 aliphatic heterocycles. The summed E-state index contributed by atoms with van der Waals surface area (Å²) >= 11 is 0. The third-order valence-electron chi connectivity index (χ3n) is 16.6. The smallest absolute Gasteiger partial charge is 0.335 e. The predicted molar refractivity (Wildman–Crippen MR) is 195 cm³/mol. The minimum atomic E-state index is -2.86. The molecule has 0 unspecified atom stereocenters. The summed E-state index contributed by atoms with van der Waals surface area (Å²) in [5.74, 6) is 3.06. The maximum Gasteiger partial charge on any atom is 0.335 e. The summed E-state index contributed by atoms with van der Waals surface area (Å²) in [4.78, 5) is 14.0. The van der Waals surface area contributed by atoms with E-state index in [1.165, 1.54) is 74.5 Å². The van der Waals surface area contributed by atoms with Crippen LogP contribution in [0.5, 0.6) is 0 Å². The van der Waals surface area contributed by atoms with Crippen molar-refractivity contribution in [3.63, 3.8) is 0 Å². The molecule has 264 valence electrons. The summed E-state index contributed by atoms with van der Waals surface area (Å²) in [5.41, 5.74) is 5.52. The summed E-state index contributed by atoms with van der Waals surface area (Å²) in [7, 11) is -2.86. The van der Waals surface area contributed by atoms with E-state index in [1.54, 1.807) is 12.1 Å². The van der Waals surface area contributed by atoms with Gasteiger partial charge in [-0.1, -0.05) is 65.0 Å². The topological polar surface area (TPSA) is 74.7 Å². The molecule has 4 saturated carbocycles. The van der Waals surface area contributed by atoms with Gasteiger partial charge in [-0.05, 0) is 158 Å². The van der Waals surface area contributed by atoms with Gasteiger partial charge >= 0.3 is 5.97 Å². The van der Waals surface area contributed by atoms with Crippen molar-refractivity contribution in [1.29, 1.82) is 0 Å². The lowest BCUT2D eigenvalue weighted by molar-refractivity contribution is -0.226. The van der Waals surface area contributed by atoms with Gasteiger partial charge in [0.15, 0.2) is 9.84 Å². The molecule has 5 nitrogen and oxygen atoms in total. The molecule has 0 bridgehead atoms. The first kappa shape index (κ1) is 34.5. The summed E-state index contributed by atoms with van der Waals surface area (Å²) in [5, 5.41) is 9.48. The van der Waals surface area contributed by atoms with Crippen LogP contribution in [0, 0.1) is 56.7 Å². The Morgan fingerprint density at radius 2 is 1.58 bits per heavy atom. The van der Waals surface area contributed by atoms with Crippen LogP contribution in [0.1, 0.15) is 122 Å². The molecule has 1 aromatic rings. The van der Waals surface area contributed by atoms with Gasteiger partial charge in [-0.15, -0.1) is 0 Å². The SMILES string of the molecule is C=C(C)[C@@H]1CC[C@]2(CCN3CCS(=O)(=O)CC3)CC[C@]3(C)[C@H](CC[C@@H]4[C@@]5(C)CC=C(c6ccc(C(=O)O)cc6)C(C)(C)[C@@H]5CC[C@]43C)[C@@H]12. The number of allylic oxidation sites excluding steroid dienone is 3. The molecule has 1 aromatic carbocycles. The number of nitrogens with zero attached hydrogens (tertiary/aromatic N) is 1. The molecule has 0 spiro atoms. The Hall–Kier alpha value is -1.92. The molecule has 9 atom stereocenters. The average molecular weight is 676 g/mol. The number of benzene rings is 1. The van der Waals surface area contributed by atoms with Crippen molar-refractivity contribution in [2.45, 2.75) is 106 Å². The summed E-state index contributed by atoms with van der Waals surface area (Å²) in [6.45, 7) is 22.3. The number of carbonyl (C=O) groups is 1. The van der Waals surface area contributed by atoms with Gasteiger partial charge in [0.25, 0.3) is 0 Å². The maximum atomic E-state index is 12.1. The van der Waals surface area contributed by atoms with Crippen LogP contribution in [0.4, 0.5) is 0 Å². The number of carboxylic acids is 1. The molecule has 7 rings (SSSR count). The van der Waals surface area contributed by atoms with E-state index in [2.05, 4.69) is 59.1 Å². The molecule has 0 amide bonds. The summed E-state index contributed by atoms with van der Waals surface area (Å²) < 4.78 is 24.3. The number of hydrogen-bond donors (Lipinski definition) is 1. The molecule has 0 aromatic heterocycles. The first-order valence-corrected chi connectivity index (χ1v) is 20.9. The predicted octanol–water partition coefficient (Wildman–Crippen LogP) is 9.16. The number of rotatable bonds is 6. The van der Waals surface area contributed by atoms with Gasteiger partial charge in [-0.3, -0.25) is 0 Å². The lowest BCUT2D eigenvalue weighted by Gasteiger charge is -2.72. The molecule has 6 heteroatoms.